The Hall–Kier alpha value is -0.570. The number of carbonyl (C=O) groups excluding carboxylic acids is 1. The van der Waals surface area contributed by atoms with Gasteiger partial charge in [0.25, 0.3) is 0 Å². The van der Waals surface area contributed by atoms with E-state index in [0.717, 1.165) is 25.7 Å². The van der Waals surface area contributed by atoms with Gasteiger partial charge in [0, 0.05) is 6.42 Å². The lowest BCUT2D eigenvalue weighted by Gasteiger charge is -2.21. The van der Waals surface area contributed by atoms with Crippen molar-refractivity contribution in [3.05, 3.63) is 0 Å². The molecule has 0 radical (unpaired) electrons. The van der Waals surface area contributed by atoms with Crippen molar-refractivity contribution < 1.29 is 14.6 Å². The number of hydrogen-bond donors (Lipinski definition) is 0. The van der Waals surface area contributed by atoms with E-state index in [2.05, 4.69) is 13.8 Å². The number of unbranched alkanes of at least 4 members (excludes halogenated alkanes) is 6. The molecule has 0 amide bonds. The summed E-state index contributed by atoms with van der Waals surface area (Å²) in [6, 6.07) is 0. The minimum atomic E-state index is -0.370. The van der Waals surface area contributed by atoms with Crippen LogP contribution in [-0.2, 0) is 14.6 Å². The summed E-state index contributed by atoms with van der Waals surface area (Å²) in [5.41, 5.74) is -0.370. The van der Waals surface area contributed by atoms with E-state index in [4.69, 9.17) is 9.78 Å². The van der Waals surface area contributed by atoms with Crippen LogP contribution in [0.15, 0.2) is 0 Å². The lowest BCUT2D eigenvalue weighted by atomic mass is 10.0. The molecule has 0 rings (SSSR count). The molecular formula is C16H32O3. The van der Waals surface area contributed by atoms with Crippen LogP contribution in [-0.4, -0.2) is 11.6 Å². The van der Waals surface area contributed by atoms with Crippen LogP contribution in [0.4, 0.5) is 0 Å². The highest BCUT2D eigenvalue weighted by Crippen LogP contribution is 2.17. The molecule has 0 bridgehead atoms. The highest BCUT2D eigenvalue weighted by atomic mass is 17.2. The van der Waals surface area contributed by atoms with Gasteiger partial charge in [0.05, 0.1) is 0 Å². The zero-order chi connectivity index (χ0) is 14.6. The minimum Gasteiger partial charge on any atom is -0.298 e. The zero-order valence-corrected chi connectivity index (χ0v) is 13.3. The first kappa shape index (κ1) is 18.4. The Morgan fingerprint density at radius 1 is 0.895 bits per heavy atom. The summed E-state index contributed by atoms with van der Waals surface area (Å²) in [6.45, 7) is 8.19. The molecule has 0 saturated heterocycles. The van der Waals surface area contributed by atoms with Gasteiger partial charge in [-0.1, -0.05) is 58.8 Å². The van der Waals surface area contributed by atoms with Gasteiger partial charge in [-0.05, 0) is 26.7 Å². The van der Waals surface area contributed by atoms with Crippen LogP contribution in [0.25, 0.3) is 0 Å². The molecule has 0 aromatic carbocycles. The number of hydrogen-bond acceptors (Lipinski definition) is 3. The normalized spacial score (nSPS) is 11.6. The molecule has 0 aliphatic carbocycles. The van der Waals surface area contributed by atoms with Crippen LogP contribution in [0, 0.1) is 0 Å². The van der Waals surface area contributed by atoms with E-state index in [9.17, 15) is 4.79 Å². The molecule has 0 saturated carbocycles. The first-order valence-electron chi connectivity index (χ1n) is 7.90. The Balaban J connectivity index is 3.44. The van der Waals surface area contributed by atoms with Gasteiger partial charge >= 0.3 is 5.97 Å². The first-order valence-corrected chi connectivity index (χ1v) is 7.90. The number of carbonyl (C=O) groups is 1. The third-order valence-corrected chi connectivity index (χ3v) is 3.20. The van der Waals surface area contributed by atoms with Crippen LogP contribution in [0.3, 0.4) is 0 Å². The fourth-order valence-corrected chi connectivity index (χ4v) is 2.07. The van der Waals surface area contributed by atoms with Gasteiger partial charge in [0.1, 0.15) is 5.60 Å². The third kappa shape index (κ3) is 12.2. The molecule has 3 nitrogen and oxygen atoms in total. The highest BCUT2D eigenvalue weighted by Gasteiger charge is 2.20. The number of rotatable bonds is 12. The Morgan fingerprint density at radius 3 is 2.05 bits per heavy atom. The van der Waals surface area contributed by atoms with E-state index >= 15 is 0 Å². The van der Waals surface area contributed by atoms with Gasteiger partial charge in [-0.2, -0.15) is 4.89 Å². The van der Waals surface area contributed by atoms with Crippen molar-refractivity contribution in [2.75, 3.05) is 0 Å². The predicted octanol–water partition coefficient (Wildman–Crippen LogP) is 5.18. The molecule has 3 heteroatoms. The largest absolute Gasteiger partial charge is 0.342 e. The highest BCUT2D eigenvalue weighted by molar-refractivity contribution is 5.68. The summed E-state index contributed by atoms with van der Waals surface area (Å²) < 4.78 is 0. The van der Waals surface area contributed by atoms with Gasteiger partial charge in [-0.3, -0.25) is 4.89 Å². The van der Waals surface area contributed by atoms with Gasteiger partial charge < -0.3 is 0 Å². The molecule has 0 spiro atoms. The second-order valence-corrected chi connectivity index (χ2v) is 5.92. The summed E-state index contributed by atoms with van der Waals surface area (Å²) in [7, 11) is 0. The van der Waals surface area contributed by atoms with Crippen LogP contribution in [0.5, 0.6) is 0 Å². The molecule has 0 heterocycles. The maximum atomic E-state index is 11.5. The first-order chi connectivity index (χ1) is 9.02. The van der Waals surface area contributed by atoms with Crippen molar-refractivity contribution in [2.45, 2.75) is 97.5 Å². The molecule has 0 unspecified atom stereocenters. The molecule has 0 N–H and O–H groups in total. The van der Waals surface area contributed by atoms with Crippen molar-refractivity contribution in [2.24, 2.45) is 0 Å². The lowest BCUT2D eigenvalue weighted by Crippen LogP contribution is -2.25. The molecule has 0 aromatic heterocycles. The second-order valence-electron chi connectivity index (χ2n) is 5.92. The summed E-state index contributed by atoms with van der Waals surface area (Å²) in [4.78, 5) is 21.5. The molecule has 0 aliphatic rings. The summed E-state index contributed by atoms with van der Waals surface area (Å²) in [5, 5.41) is 0. The van der Waals surface area contributed by atoms with E-state index in [-0.39, 0.29) is 11.6 Å². The van der Waals surface area contributed by atoms with E-state index in [1.807, 2.05) is 13.8 Å². The summed E-state index contributed by atoms with van der Waals surface area (Å²) >= 11 is 0. The Bertz CT molecular complexity index is 224. The maximum Gasteiger partial charge on any atom is 0.342 e. The van der Waals surface area contributed by atoms with Gasteiger partial charge in [-0.15, -0.1) is 0 Å². The van der Waals surface area contributed by atoms with Crippen molar-refractivity contribution in [1.82, 2.24) is 0 Å². The van der Waals surface area contributed by atoms with Gasteiger partial charge in [-0.25, -0.2) is 4.79 Å². The van der Waals surface area contributed by atoms with Crippen molar-refractivity contribution in [3.8, 4) is 0 Å². The second kappa shape index (κ2) is 11.3. The fourth-order valence-electron chi connectivity index (χ4n) is 2.07. The van der Waals surface area contributed by atoms with E-state index in [1.165, 1.54) is 32.1 Å². The molecule has 19 heavy (non-hydrogen) atoms. The Morgan fingerprint density at radius 2 is 1.47 bits per heavy atom. The molecule has 114 valence electrons. The fraction of sp³-hybridized carbons (Fsp3) is 0.938. The topological polar surface area (TPSA) is 35.5 Å². The van der Waals surface area contributed by atoms with E-state index in [0.29, 0.717) is 6.42 Å². The van der Waals surface area contributed by atoms with Crippen LogP contribution in [0.2, 0.25) is 0 Å². The maximum absolute atomic E-state index is 11.5. The predicted molar refractivity (Wildman–Crippen MR) is 78.8 cm³/mol. The molecule has 0 aromatic rings. The van der Waals surface area contributed by atoms with Crippen LogP contribution in [0.1, 0.15) is 91.9 Å². The standard InChI is InChI=1S/C16H32O3/c1-5-7-8-9-10-11-12-13-15(17)18-19-16(3,4)14-6-2/h5-14H2,1-4H3. The van der Waals surface area contributed by atoms with Crippen LogP contribution < -0.4 is 0 Å². The quantitative estimate of drug-likeness (QED) is 0.279. The van der Waals surface area contributed by atoms with Crippen molar-refractivity contribution in [1.29, 1.82) is 0 Å². The summed E-state index contributed by atoms with van der Waals surface area (Å²) in [6.07, 6.45) is 10.8. The average Bonchev–Trinajstić information content (AvgIpc) is 2.35. The van der Waals surface area contributed by atoms with Crippen LogP contribution >= 0.6 is 0 Å². The molecular weight excluding hydrogens is 240 g/mol. The Labute approximate surface area is 119 Å². The van der Waals surface area contributed by atoms with Gasteiger partial charge in [0.2, 0.25) is 0 Å². The van der Waals surface area contributed by atoms with Crippen molar-refractivity contribution >= 4 is 5.97 Å². The third-order valence-electron chi connectivity index (χ3n) is 3.20. The minimum absolute atomic E-state index is 0.238. The van der Waals surface area contributed by atoms with Gasteiger partial charge in [0.15, 0.2) is 0 Å². The molecule has 0 atom stereocenters. The smallest absolute Gasteiger partial charge is 0.298 e. The van der Waals surface area contributed by atoms with E-state index < -0.39 is 0 Å². The zero-order valence-electron chi connectivity index (χ0n) is 13.3. The monoisotopic (exact) mass is 272 g/mol. The van der Waals surface area contributed by atoms with Crippen molar-refractivity contribution in [3.63, 3.8) is 0 Å². The Kier molecular flexibility index (Phi) is 10.9. The summed E-state index contributed by atoms with van der Waals surface area (Å²) in [5.74, 6) is -0.238. The van der Waals surface area contributed by atoms with E-state index in [1.54, 1.807) is 0 Å². The SMILES string of the molecule is CCCCCCCCCC(=O)OOC(C)(C)CCC. The lowest BCUT2D eigenvalue weighted by molar-refractivity contribution is -0.326. The molecule has 0 fully saturated rings. The average molecular weight is 272 g/mol. The molecule has 0 aliphatic heterocycles.